The fourth-order valence-corrected chi connectivity index (χ4v) is 4.03. The van der Waals surface area contributed by atoms with Gasteiger partial charge in [-0.1, -0.05) is 11.6 Å². The summed E-state index contributed by atoms with van der Waals surface area (Å²) in [6, 6.07) is 14.5. The zero-order valence-corrected chi connectivity index (χ0v) is 23.7. The molecule has 0 fully saturated rings. The molecule has 0 spiro atoms. The molecule has 0 radical (unpaired) electrons. The number of esters is 1. The lowest BCUT2D eigenvalue weighted by Crippen LogP contribution is -2.24. The van der Waals surface area contributed by atoms with Gasteiger partial charge in [0.1, 0.15) is 17.1 Å². The number of ether oxygens (including phenoxy) is 2. The first-order chi connectivity index (χ1) is 19.8. The largest absolute Gasteiger partial charge is 0.494 e. The van der Waals surface area contributed by atoms with E-state index in [9.17, 15) is 20.0 Å². The maximum Gasteiger partial charge on any atom is 0.305 e. The number of benzene rings is 3. The van der Waals surface area contributed by atoms with Crippen molar-refractivity contribution in [2.45, 2.75) is 33.3 Å². The molecule has 0 amide bonds. The average Bonchev–Trinajstić information content (AvgIpc) is 2.98. The number of non-ortho nitro benzene ring substituents is 1. The van der Waals surface area contributed by atoms with E-state index >= 15 is 0 Å². The predicted molar refractivity (Wildman–Crippen MR) is 156 cm³/mol. The Bertz CT molecular complexity index is 1410. The first-order valence-corrected chi connectivity index (χ1v) is 13.3. The maximum atomic E-state index is 11.6. The number of anilines is 1. The van der Waals surface area contributed by atoms with E-state index in [2.05, 4.69) is 25.4 Å². The zero-order chi connectivity index (χ0) is 29.8. The normalized spacial score (nSPS) is 11.2. The Balaban J connectivity index is 1.74. The second-order valence-electron chi connectivity index (χ2n) is 8.61. The molecule has 3 aromatic rings. The highest BCUT2D eigenvalue weighted by Crippen LogP contribution is 2.38. The van der Waals surface area contributed by atoms with Gasteiger partial charge in [0, 0.05) is 49.0 Å². The molecule has 3 aromatic carbocycles. The molecule has 0 atom stereocenters. The van der Waals surface area contributed by atoms with Crippen molar-refractivity contribution in [2.75, 3.05) is 31.7 Å². The van der Waals surface area contributed by atoms with E-state index in [1.165, 1.54) is 25.3 Å². The van der Waals surface area contributed by atoms with Crippen LogP contribution in [0.2, 0.25) is 5.02 Å². The summed E-state index contributed by atoms with van der Waals surface area (Å²) in [5.41, 5.74) is 2.78. The molecule has 13 heteroatoms. The molecule has 216 valence electrons. The number of methoxy groups -OCH3 is 1. The van der Waals surface area contributed by atoms with E-state index in [0.717, 1.165) is 18.8 Å². The van der Waals surface area contributed by atoms with Crippen molar-refractivity contribution in [3.63, 3.8) is 0 Å². The summed E-state index contributed by atoms with van der Waals surface area (Å²) in [6.07, 6.45) is 1.07. The lowest BCUT2D eigenvalue weighted by Gasteiger charge is -2.23. The molecular formula is C28H31ClN6O6. The molecular weight excluding hydrogens is 552 g/mol. The number of hydrogen-bond acceptors (Lipinski definition) is 11. The molecule has 0 aliphatic carbocycles. The fourth-order valence-electron chi connectivity index (χ4n) is 3.82. The minimum absolute atomic E-state index is 0.0654. The number of nitrogens with zero attached hydrogens (tertiary/aromatic N) is 6. The van der Waals surface area contributed by atoms with Gasteiger partial charge in [-0.25, -0.2) is 0 Å². The second kappa shape index (κ2) is 15.4. The van der Waals surface area contributed by atoms with Crippen molar-refractivity contribution in [1.82, 2.24) is 0 Å². The van der Waals surface area contributed by atoms with Gasteiger partial charge in [0.25, 0.3) is 5.69 Å². The maximum absolute atomic E-state index is 11.6. The van der Waals surface area contributed by atoms with Crippen molar-refractivity contribution < 1.29 is 24.3 Å². The number of carbonyl (C=O) groups is 1. The van der Waals surface area contributed by atoms with E-state index in [1.807, 2.05) is 31.2 Å². The van der Waals surface area contributed by atoms with Crippen LogP contribution in [0.1, 0.15) is 32.3 Å². The molecule has 41 heavy (non-hydrogen) atoms. The van der Waals surface area contributed by atoms with Crippen molar-refractivity contribution in [1.29, 1.82) is 0 Å². The number of azo groups is 2. The van der Waals surface area contributed by atoms with Crippen molar-refractivity contribution in [3.05, 3.63) is 75.3 Å². The van der Waals surface area contributed by atoms with Crippen LogP contribution in [0.5, 0.6) is 5.75 Å². The van der Waals surface area contributed by atoms with Crippen LogP contribution in [0.25, 0.3) is 0 Å². The van der Waals surface area contributed by atoms with Crippen LogP contribution >= 0.6 is 11.6 Å². The highest BCUT2D eigenvalue weighted by molar-refractivity contribution is 6.33. The van der Waals surface area contributed by atoms with Gasteiger partial charge >= 0.3 is 5.97 Å². The highest BCUT2D eigenvalue weighted by atomic mass is 35.5. The van der Waals surface area contributed by atoms with Gasteiger partial charge in [0.05, 0.1) is 41.6 Å². The van der Waals surface area contributed by atoms with Crippen molar-refractivity contribution in [2.24, 2.45) is 20.5 Å². The van der Waals surface area contributed by atoms with Crippen LogP contribution in [-0.2, 0) is 16.1 Å². The van der Waals surface area contributed by atoms with Gasteiger partial charge in [0.2, 0.25) is 0 Å². The molecule has 1 N–H and O–H groups in total. The molecule has 0 heterocycles. The summed E-state index contributed by atoms with van der Waals surface area (Å²) in [5.74, 6) is 0.161. The Morgan fingerprint density at radius 1 is 1.00 bits per heavy atom. The van der Waals surface area contributed by atoms with E-state index in [4.69, 9.17) is 21.1 Å². The Morgan fingerprint density at radius 3 is 2.32 bits per heavy atom. The van der Waals surface area contributed by atoms with Gasteiger partial charge in [-0.3, -0.25) is 14.9 Å². The minimum Gasteiger partial charge on any atom is -0.494 e. The number of halogens is 1. The number of aliphatic hydroxyl groups is 1. The third kappa shape index (κ3) is 8.78. The SMILES string of the molecule is CCOC(=O)CCCN(CC)c1ccc(N=Nc2cc(CO)c(N=Nc3ccc([N+](=O)[O-])cc3Cl)cc2OC)cc1. The lowest BCUT2D eigenvalue weighted by atomic mass is 10.1. The van der Waals surface area contributed by atoms with Crippen molar-refractivity contribution in [3.8, 4) is 5.75 Å². The fraction of sp³-hybridized carbons (Fsp3) is 0.321. The Labute approximate surface area is 242 Å². The monoisotopic (exact) mass is 582 g/mol. The van der Waals surface area contributed by atoms with E-state index in [0.29, 0.717) is 47.8 Å². The third-order valence-electron chi connectivity index (χ3n) is 5.94. The number of rotatable bonds is 14. The molecule has 0 unspecified atom stereocenters. The van der Waals surface area contributed by atoms with Gasteiger partial charge in [0.15, 0.2) is 0 Å². The Hall–Kier alpha value is -4.42. The number of carbonyl (C=O) groups excluding carboxylic acids is 1. The summed E-state index contributed by atoms with van der Waals surface area (Å²) in [6.45, 7) is 5.37. The average molecular weight is 583 g/mol. The predicted octanol–water partition coefficient (Wildman–Crippen LogP) is 7.75. The minimum atomic E-state index is -0.556. The third-order valence-corrected chi connectivity index (χ3v) is 6.24. The molecule has 0 saturated carbocycles. The van der Waals surface area contributed by atoms with Crippen LogP contribution in [0.15, 0.2) is 75.1 Å². The second-order valence-corrected chi connectivity index (χ2v) is 9.02. The topological polar surface area (TPSA) is 152 Å². The quantitative estimate of drug-likeness (QED) is 0.0882. The van der Waals surface area contributed by atoms with Crippen LogP contribution in [0.4, 0.5) is 34.1 Å². The van der Waals surface area contributed by atoms with Gasteiger partial charge in [-0.05, 0) is 56.7 Å². The zero-order valence-electron chi connectivity index (χ0n) is 23.0. The molecule has 12 nitrogen and oxygen atoms in total. The summed E-state index contributed by atoms with van der Waals surface area (Å²) in [5, 5.41) is 37.7. The Kier molecular flexibility index (Phi) is 11.7. The van der Waals surface area contributed by atoms with Crippen molar-refractivity contribution >= 4 is 51.7 Å². The van der Waals surface area contributed by atoms with E-state index in [1.54, 1.807) is 19.1 Å². The van der Waals surface area contributed by atoms with Crippen LogP contribution in [-0.4, -0.2) is 42.8 Å². The van der Waals surface area contributed by atoms with E-state index < -0.39 is 4.92 Å². The summed E-state index contributed by atoms with van der Waals surface area (Å²) >= 11 is 6.10. The molecule has 0 bridgehead atoms. The molecule has 3 rings (SSSR count). The number of hydrogen-bond donors (Lipinski definition) is 1. The number of aliphatic hydroxyl groups excluding tert-OH is 1. The van der Waals surface area contributed by atoms with E-state index in [-0.39, 0.29) is 29.0 Å². The number of nitro benzene ring substituents is 1. The van der Waals surface area contributed by atoms with Crippen LogP contribution in [0.3, 0.4) is 0 Å². The summed E-state index contributed by atoms with van der Waals surface area (Å²) in [4.78, 5) is 24.1. The summed E-state index contributed by atoms with van der Waals surface area (Å²) < 4.78 is 10.4. The molecule has 0 saturated heterocycles. The first kappa shape index (κ1) is 31.1. The smallest absolute Gasteiger partial charge is 0.305 e. The molecule has 0 aromatic heterocycles. The number of nitro groups is 1. The highest BCUT2D eigenvalue weighted by Gasteiger charge is 2.13. The van der Waals surface area contributed by atoms with Gasteiger partial charge < -0.3 is 19.5 Å². The standard InChI is InChI=1S/C28H31ClN6O6/c1-4-34(14-6-7-28(37)41-5-2)21-10-8-20(9-11-21)30-33-26-15-19(18-36)25(17-27(26)40-3)32-31-24-13-12-22(35(38)39)16-23(24)29/h8-13,15-17,36H,4-7,14,18H2,1-3H3. The Morgan fingerprint density at radius 2 is 1.71 bits per heavy atom. The first-order valence-electron chi connectivity index (χ1n) is 12.9. The van der Waals surface area contributed by atoms with Crippen LogP contribution < -0.4 is 9.64 Å². The van der Waals surface area contributed by atoms with Gasteiger partial charge in [-0.15, -0.1) is 15.3 Å². The molecule has 0 aliphatic heterocycles. The molecule has 0 aliphatic rings. The summed E-state index contributed by atoms with van der Waals surface area (Å²) in [7, 11) is 1.47. The lowest BCUT2D eigenvalue weighted by molar-refractivity contribution is -0.384. The van der Waals surface area contributed by atoms with Crippen LogP contribution in [0, 0.1) is 10.1 Å². The van der Waals surface area contributed by atoms with Gasteiger partial charge in [-0.2, -0.15) is 5.11 Å².